The smallest absolute Gasteiger partial charge is 0.341 e. The molecule has 34 heavy (non-hydrogen) atoms. The lowest BCUT2D eigenvalue weighted by atomic mass is 9.99. The maximum atomic E-state index is 13.7. The Morgan fingerprint density at radius 3 is 2.56 bits per heavy atom. The van der Waals surface area contributed by atoms with E-state index >= 15 is 0 Å². The Morgan fingerprint density at radius 2 is 1.94 bits per heavy atom. The fourth-order valence-corrected chi connectivity index (χ4v) is 6.57. The van der Waals surface area contributed by atoms with Crippen LogP contribution in [0.3, 0.4) is 0 Å². The van der Waals surface area contributed by atoms with Crippen molar-refractivity contribution in [2.45, 2.75) is 52.0 Å². The summed E-state index contributed by atoms with van der Waals surface area (Å²) in [7, 11) is -4.09. The van der Waals surface area contributed by atoms with Gasteiger partial charge in [0.25, 0.3) is 0 Å². The quantitative estimate of drug-likeness (QED) is 0.561. The predicted octanol–water partition coefficient (Wildman–Crippen LogP) is 4.13. The molecule has 0 aliphatic carbocycles. The molecule has 0 bridgehead atoms. The van der Waals surface area contributed by atoms with Crippen LogP contribution in [0.15, 0.2) is 23.1 Å². The van der Waals surface area contributed by atoms with Crippen molar-refractivity contribution in [1.29, 1.82) is 0 Å². The molecule has 2 heterocycles. The second-order valence-electron chi connectivity index (χ2n) is 8.16. The van der Waals surface area contributed by atoms with E-state index in [-0.39, 0.29) is 41.1 Å². The number of nitrogens with one attached hydrogen (secondary N) is 1. The second-order valence-corrected chi connectivity index (χ2v) is 10.4. The van der Waals surface area contributed by atoms with Crippen LogP contribution >= 0.6 is 11.6 Å². The number of halogens is 2. The number of rotatable bonds is 7. The Labute approximate surface area is 204 Å². The van der Waals surface area contributed by atoms with Crippen LogP contribution in [-0.2, 0) is 26.1 Å². The van der Waals surface area contributed by atoms with Crippen LogP contribution < -0.4 is 5.32 Å². The molecule has 2 aromatic rings. The average Bonchev–Trinajstić information content (AvgIpc) is 3.06. The van der Waals surface area contributed by atoms with E-state index in [2.05, 4.69) is 5.32 Å². The number of nitrogens with zero attached hydrogens (tertiary/aromatic N) is 2. The first-order chi connectivity index (χ1) is 16.0. The van der Waals surface area contributed by atoms with E-state index in [1.807, 2.05) is 6.92 Å². The van der Waals surface area contributed by atoms with E-state index in [1.165, 1.54) is 16.4 Å². The molecule has 0 saturated carbocycles. The molecule has 0 radical (unpaired) electrons. The largest absolute Gasteiger partial charge is 0.462 e. The van der Waals surface area contributed by atoms with Gasteiger partial charge in [-0.3, -0.25) is 4.79 Å². The molecule has 8 nitrogen and oxygen atoms in total. The van der Waals surface area contributed by atoms with Crippen LogP contribution in [0.1, 0.15) is 48.4 Å². The van der Waals surface area contributed by atoms with Gasteiger partial charge < -0.3 is 14.6 Å². The number of sulfonamides is 1. The van der Waals surface area contributed by atoms with Gasteiger partial charge in [-0.1, -0.05) is 11.6 Å². The van der Waals surface area contributed by atoms with Crippen molar-refractivity contribution in [1.82, 2.24) is 8.87 Å². The Bertz CT molecular complexity index is 1210. The highest BCUT2D eigenvalue weighted by Crippen LogP contribution is 2.33. The molecule has 1 aliphatic rings. The lowest BCUT2D eigenvalue weighted by Crippen LogP contribution is -2.44. The van der Waals surface area contributed by atoms with Crippen molar-refractivity contribution in [3.8, 4) is 0 Å². The van der Waals surface area contributed by atoms with Crippen molar-refractivity contribution in [3.63, 3.8) is 0 Å². The fourth-order valence-electron chi connectivity index (χ4n) is 4.41. The predicted molar refractivity (Wildman–Crippen MR) is 127 cm³/mol. The maximum Gasteiger partial charge on any atom is 0.341 e. The molecule has 0 unspecified atom stereocenters. The highest BCUT2D eigenvalue weighted by atomic mass is 35.5. The molecule has 0 spiro atoms. The summed E-state index contributed by atoms with van der Waals surface area (Å²) < 4.78 is 49.1. The van der Waals surface area contributed by atoms with Gasteiger partial charge in [-0.15, -0.1) is 0 Å². The summed E-state index contributed by atoms with van der Waals surface area (Å²) in [5.74, 6) is -2.29. The zero-order valence-electron chi connectivity index (χ0n) is 19.7. The molecule has 1 amide bonds. The Kier molecular flexibility index (Phi) is 8.05. The molecular formula is C23H29ClFN3O5S. The number of amides is 1. The number of esters is 1. The summed E-state index contributed by atoms with van der Waals surface area (Å²) in [5, 5.41) is 2.56. The number of piperidine rings is 1. The third-order valence-electron chi connectivity index (χ3n) is 6.06. The topological polar surface area (TPSA) is 97.7 Å². The zero-order valence-corrected chi connectivity index (χ0v) is 21.2. The number of anilines is 1. The van der Waals surface area contributed by atoms with Gasteiger partial charge in [-0.2, -0.15) is 4.31 Å². The first-order valence-electron chi connectivity index (χ1n) is 11.2. The molecule has 3 rings (SSSR count). The third-order valence-corrected chi connectivity index (χ3v) is 8.38. The molecule has 1 aromatic heterocycles. The van der Waals surface area contributed by atoms with E-state index in [0.717, 1.165) is 6.07 Å². The summed E-state index contributed by atoms with van der Waals surface area (Å²) >= 11 is 5.78. The molecule has 1 saturated heterocycles. The lowest BCUT2D eigenvalue weighted by molar-refractivity contribution is -0.120. The summed E-state index contributed by atoms with van der Waals surface area (Å²) in [4.78, 5) is 25.5. The van der Waals surface area contributed by atoms with Crippen molar-refractivity contribution in [2.24, 2.45) is 5.92 Å². The fraction of sp³-hybridized carbons (Fsp3) is 0.478. The number of carbonyl (C=O) groups excluding carboxylic acids is 2. The van der Waals surface area contributed by atoms with Crippen molar-refractivity contribution in [3.05, 3.63) is 46.0 Å². The maximum absolute atomic E-state index is 13.7. The minimum Gasteiger partial charge on any atom is -0.462 e. The summed E-state index contributed by atoms with van der Waals surface area (Å²) in [6.45, 7) is 7.69. The first kappa shape index (κ1) is 26.2. The minimum absolute atomic E-state index is 0.0359. The van der Waals surface area contributed by atoms with Gasteiger partial charge in [0.2, 0.25) is 15.9 Å². The SMILES string of the molecule is CCOC(=O)c1c(S(=O)(=O)N2CCC[C@H](C(=O)Nc3ccc(F)c(Cl)c3)C2)c(C)n(CC)c1C. The van der Waals surface area contributed by atoms with Crippen LogP contribution in [0.4, 0.5) is 10.1 Å². The number of carbonyl (C=O) groups is 2. The van der Waals surface area contributed by atoms with Crippen LogP contribution in [0.5, 0.6) is 0 Å². The lowest BCUT2D eigenvalue weighted by Gasteiger charge is -2.31. The molecule has 186 valence electrons. The van der Waals surface area contributed by atoms with Crippen LogP contribution in [0, 0.1) is 25.6 Å². The van der Waals surface area contributed by atoms with E-state index in [9.17, 15) is 22.4 Å². The van der Waals surface area contributed by atoms with Gasteiger partial charge in [0.1, 0.15) is 16.3 Å². The van der Waals surface area contributed by atoms with Crippen LogP contribution in [-0.4, -0.2) is 48.9 Å². The standard InChI is InChI=1S/C23H29ClFN3O5S/c1-5-28-14(3)20(23(30)33-6-2)21(15(28)4)34(31,32)27-11-7-8-16(13-27)22(29)26-17-9-10-19(25)18(24)12-17/h9-10,12,16H,5-8,11,13H2,1-4H3,(H,26,29)/t16-/m0/s1. The summed E-state index contributed by atoms with van der Waals surface area (Å²) in [6.07, 6.45) is 0.967. The zero-order chi connectivity index (χ0) is 25.2. The van der Waals surface area contributed by atoms with Crippen LogP contribution in [0.2, 0.25) is 5.02 Å². The van der Waals surface area contributed by atoms with E-state index in [1.54, 1.807) is 25.3 Å². The molecule has 1 atom stereocenters. The summed E-state index contributed by atoms with van der Waals surface area (Å²) in [5.41, 5.74) is 1.34. The number of benzene rings is 1. The van der Waals surface area contributed by atoms with Gasteiger partial charge in [-0.05, 0) is 58.7 Å². The average molecular weight is 514 g/mol. The van der Waals surface area contributed by atoms with Gasteiger partial charge in [0.05, 0.1) is 17.5 Å². The Hall–Kier alpha value is -2.43. The number of hydrogen-bond acceptors (Lipinski definition) is 5. The molecule has 1 N–H and O–H groups in total. The number of hydrogen-bond donors (Lipinski definition) is 1. The molecular weight excluding hydrogens is 485 g/mol. The molecule has 1 fully saturated rings. The van der Waals surface area contributed by atoms with Crippen molar-refractivity contribution < 1.29 is 27.1 Å². The van der Waals surface area contributed by atoms with Crippen LogP contribution in [0.25, 0.3) is 0 Å². The Morgan fingerprint density at radius 1 is 1.24 bits per heavy atom. The molecule has 1 aromatic carbocycles. The van der Waals surface area contributed by atoms with Crippen molar-refractivity contribution >= 4 is 39.2 Å². The van der Waals surface area contributed by atoms with E-state index < -0.39 is 27.7 Å². The monoisotopic (exact) mass is 513 g/mol. The second kappa shape index (κ2) is 10.5. The number of ether oxygens (including phenoxy) is 1. The normalized spacial score (nSPS) is 16.9. The third kappa shape index (κ3) is 4.99. The van der Waals surface area contributed by atoms with Gasteiger partial charge in [-0.25, -0.2) is 17.6 Å². The van der Waals surface area contributed by atoms with Gasteiger partial charge in [0.15, 0.2) is 0 Å². The van der Waals surface area contributed by atoms with Gasteiger partial charge >= 0.3 is 5.97 Å². The first-order valence-corrected chi connectivity index (χ1v) is 13.0. The van der Waals surface area contributed by atoms with Crippen molar-refractivity contribution in [2.75, 3.05) is 25.0 Å². The highest BCUT2D eigenvalue weighted by Gasteiger charge is 2.39. The summed E-state index contributed by atoms with van der Waals surface area (Å²) in [6, 6.07) is 3.84. The van der Waals surface area contributed by atoms with E-state index in [0.29, 0.717) is 36.5 Å². The number of aromatic nitrogens is 1. The Balaban J connectivity index is 1.90. The van der Waals surface area contributed by atoms with Gasteiger partial charge in [0, 0.05) is 36.7 Å². The highest BCUT2D eigenvalue weighted by molar-refractivity contribution is 7.89. The molecule has 1 aliphatic heterocycles. The minimum atomic E-state index is -4.09. The molecule has 11 heteroatoms. The van der Waals surface area contributed by atoms with E-state index in [4.69, 9.17) is 16.3 Å².